The normalized spacial score (nSPS) is 17.3. The molecule has 2 heteroatoms. The van der Waals surface area contributed by atoms with Gasteiger partial charge in [-0.15, -0.1) is 0 Å². The number of aromatic nitrogens is 1. The van der Waals surface area contributed by atoms with E-state index in [1.54, 1.807) is 0 Å². The van der Waals surface area contributed by atoms with Gasteiger partial charge >= 0.3 is 0 Å². The smallest absolute Gasteiger partial charge is 0.0678 e. The molecule has 0 spiro atoms. The molecule has 7 rings (SSSR count). The number of allylic oxidation sites excluding steroid dienone is 6. The Kier molecular flexibility index (Phi) is 6.00. The van der Waals surface area contributed by atoms with Crippen LogP contribution < -0.4 is 0 Å². The van der Waals surface area contributed by atoms with Gasteiger partial charge in [0.25, 0.3) is 0 Å². The van der Waals surface area contributed by atoms with Crippen LogP contribution in [-0.4, -0.2) is 4.57 Å². The first-order valence-corrected chi connectivity index (χ1v) is 15.1. The van der Waals surface area contributed by atoms with E-state index in [4.69, 9.17) is 0 Å². The van der Waals surface area contributed by atoms with Gasteiger partial charge in [0.15, 0.2) is 0 Å². The van der Waals surface area contributed by atoms with Crippen molar-refractivity contribution in [3.05, 3.63) is 136 Å². The highest BCUT2D eigenvalue weighted by atomic mass is 79.9. The van der Waals surface area contributed by atoms with Crippen molar-refractivity contribution >= 4 is 49.4 Å². The molecule has 0 radical (unpaired) electrons. The van der Waals surface area contributed by atoms with E-state index in [0.717, 1.165) is 22.0 Å². The summed E-state index contributed by atoms with van der Waals surface area (Å²) in [5.41, 5.74) is 14.2. The molecular formula is C39H32BrN. The second kappa shape index (κ2) is 9.51. The highest BCUT2D eigenvalue weighted by Gasteiger charge is 2.39. The third-order valence-electron chi connectivity index (χ3n) is 9.12. The molecule has 41 heavy (non-hydrogen) atoms. The van der Waals surface area contributed by atoms with Gasteiger partial charge in [-0.3, -0.25) is 0 Å². The summed E-state index contributed by atoms with van der Waals surface area (Å²) in [6, 6.07) is 29.1. The second-order valence-electron chi connectivity index (χ2n) is 11.9. The lowest BCUT2D eigenvalue weighted by Gasteiger charge is -2.25. The molecule has 0 fully saturated rings. The summed E-state index contributed by atoms with van der Waals surface area (Å²) >= 11 is 3.50. The quantitative estimate of drug-likeness (QED) is 0.183. The fourth-order valence-corrected chi connectivity index (χ4v) is 7.27. The van der Waals surface area contributed by atoms with E-state index in [1.807, 2.05) is 18.2 Å². The maximum Gasteiger partial charge on any atom is 0.0678 e. The van der Waals surface area contributed by atoms with Crippen molar-refractivity contribution in [2.75, 3.05) is 0 Å². The number of fused-ring (bicyclic) bond motifs is 5. The maximum atomic E-state index is 3.88. The van der Waals surface area contributed by atoms with Crippen LogP contribution in [0.15, 0.2) is 102 Å². The van der Waals surface area contributed by atoms with E-state index in [9.17, 15) is 0 Å². The van der Waals surface area contributed by atoms with E-state index < -0.39 is 0 Å². The number of halogens is 1. The fourth-order valence-electron chi connectivity index (χ4n) is 7.04. The van der Waals surface area contributed by atoms with Crippen LogP contribution in [0.2, 0.25) is 0 Å². The second-order valence-corrected chi connectivity index (χ2v) is 12.8. The topological polar surface area (TPSA) is 4.93 Å². The van der Waals surface area contributed by atoms with Crippen molar-refractivity contribution in [3.8, 4) is 16.8 Å². The van der Waals surface area contributed by atoms with Gasteiger partial charge in [0.05, 0.1) is 15.5 Å². The standard InChI is InChI=1S/C39H32BrN/c1-6-7-10-26-14-21-36-38(25(26)3)32-22-28(27-12-16-29(40)17-13-27)15-20-35(32)41(36)30-18-19-33-31(23-30)37-24(2)9-8-11-34(37)39(33,4)5/h6-8,10-12,14-16,18-24H,1,9H2,2-5H3/b10-7-. The van der Waals surface area contributed by atoms with E-state index >= 15 is 0 Å². The Morgan fingerprint density at radius 2 is 1.83 bits per heavy atom. The summed E-state index contributed by atoms with van der Waals surface area (Å²) in [4.78, 5) is 0. The predicted molar refractivity (Wildman–Crippen MR) is 178 cm³/mol. The van der Waals surface area contributed by atoms with Gasteiger partial charge in [-0.1, -0.05) is 88.1 Å². The molecule has 2 aliphatic rings. The molecule has 4 aromatic carbocycles. The van der Waals surface area contributed by atoms with Crippen LogP contribution in [-0.2, 0) is 5.41 Å². The first kappa shape index (κ1) is 25.9. The van der Waals surface area contributed by atoms with E-state index in [-0.39, 0.29) is 5.41 Å². The first-order chi connectivity index (χ1) is 19.8. The zero-order chi connectivity index (χ0) is 28.5. The Morgan fingerprint density at radius 3 is 2.61 bits per heavy atom. The van der Waals surface area contributed by atoms with E-state index in [0.29, 0.717) is 5.92 Å². The Balaban J connectivity index is 1.51. The molecule has 0 aliphatic heterocycles. The van der Waals surface area contributed by atoms with Crippen LogP contribution >= 0.6 is 15.9 Å². The minimum absolute atomic E-state index is 0.0191. The number of benzene rings is 3. The third-order valence-corrected chi connectivity index (χ3v) is 9.59. The predicted octanol–water partition coefficient (Wildman–Crippen LogP) is 11.0. The lowest BCUT2D eigenvalue weighted by molar-refractivity contribution is 0.643. The molecule has 5 aromatic rings. The number of nitrogens with zero attached hydrogens (tertiary/aromatic N) is 1. The molecule has 0 bridgehead atoms. The number of rotatable bonds is 4. The van der Waals surface area contributed by atoms with E-state index in [2.05, 4.69) is 140 Å². The number of hydrogen-bond donors (Lipinski definition) is 0. The van der Waals surface area contributed by atoms with Crippen LogP contribution in [0.5, 0.6) is 0 Å². The van der Waals surface area contributed by atoms with Crippen LogP contribution in [0.4, 0.5) is 0 Å². The first-order valence-electron chi connectivity index (χ1n) is 14.3. The Morgan fingerprint density at radius 1 is 1.00 bits per heavy atom. The average molecular weight is 595 g/mol. The van der Waals surface area contributed by atoms with Crippen molar-refractivity contribution in [1.29, 1.82) is 0 Å². The van der Waals surface area contributed by atoms with Gasteiger partial charge in [0, 0.05) is 27.4 Å². The maximum absolute atomic E-state index is 3.88. The molecule has 0 saturated heterocycles. The van der Waals surface area contributed by atoms with Crippen molar-refractivity contribution in [2.45, 2.75) is 39.5 Å². The molecule has 200 valence electrons. The van der Waals surface area contributed by atoms with Gasteiger partial charge in [-0.2, -0.15) is 0 Å². The summed E-state index contributed by atoms with van der Waals surface area (Å²) < 4.78 is 3.36. The van der Waals surface area contributed by atoms with Gasteiger partial charge in [0.2, 0.25) is 0 Å². The lowest BCUT2D eigenvalue weighted by Crippen LogP contribution is -2.17. The number of aryl methyl sites for hydroxylation is 1. The minimum Gasteiger partial charge on any atom is -0.309 e. The van der Waals surface area contributed by atoms with Crippen LogP contribution in [0, 0.1) is 25.0 Å². The van der Waals surface area contributed by atoms with Crippen molar-refractivity contribution in [2.24, 2.45) is 5.92 Å². The van der Waals surface area contributed by atoms with Crippen molar-refractivity contribution < 1.29 is 0 Å². The summed E-state index contributed by atoms with van der Waals surface area (Å²) in [5, 5.41) is 2.53. The minimum atomic E-state index is 0.0191. The SMILES string of the molecule is C=C/C=C\c1ccc2c(c1C)c1cc(-c3c#cc(Br)cc3)ccc1n2-c1ccc2c(c1)C1=C(C=CCC1C)C2(C)C. The van der Waals surface area contributed by atoms with Gasteiger partial charge in [0.1, 0.15) is 0 Å². The highest BCUT2D eigenvalue weighted by molar-refractivity contribution is 9.10. The summed E-state index contributed by atoms with van der Waals surface area (Å²) in [6.07, 6.45) is 11.8. The fraction of sp³-hybridized carbons (Fsp3) is 0.179. The Bertz CT molecular complexity index is 1970. The molecular weight excluding hydrogens is 562 g/mol. The molecule has 2 aliphatic carbocycles. The van der Waals surface area contributed by atoms with Crippen LogP contribution in [0.3, 0.4) is 0 Å². The Hall–Kier alpha value is -4.06. The summed E-state index contributed by atoms with van der Waals surface area (Å²) in [5.74, 6) is 0.520. The van der Waals surface area contributed by atoms with Gasteiger partial charge in [-0.25, -0.2) is 0 Å². The number of hydrogen-bond acceptors (Lipinski definition) is 0. The Labute approximate surface area is 251 Å². The molecule has 1 heterocycles. The summed E-state index contributed by atoms with van der Waals surface area (Å²) in [6.45, 7) is 13.2. The molecule has 0 N–H and O–H groups in total. The lowest BCUT2D eigenvalue weighted by atomic mass is 9.79. The van der Waals surface area contributed by atoms with E-state index in [1.165, 1.54) is 60.9 Å². The molecule has 1 nitrogen and oxygen atoms in total. The third kappa shape index (κ3) is 3.91. The average Bonchev–Trinajstić information content (AvgIpc) is 3.42. The highest BCUT2D eigenvalue weighted by Crippen LogP contribution is 2.52. The largest absolute Gasteiger partial charge is 0.309 e. The van der Waals surface area contributed by atoms with Crippen LogP contribution in [0.25, 0.3) is 50.3 Å². The van der Waals surface area contributed by atoms with Gasteiger partial charge in [-0.05, 0) is 117 Å². The molecule has 0 saturated carbocycles. The van der Waals surface area contributed by atoms with Crippen molar-refractivity contribution in [1.82, 2.24) is 4.57 Å². The molecule has 1 unspecified atom stereocenters. The zero-order valence-electron chi connectivity index (χ0n) is 24.0. The van der Waals surface area contributed by atoms with Crippen LogP contribution in [0.1, 0.15) is 49.4 Å². The molecule has 1 aromatic heterocycles. The van der Waals surface area contributed by atoms with Gasteiger partial charge < -0.3 is 4.57 Å². The zero-order valence-corrected chi connectivity index (χ0v) is 25.6. The summed E-state index contributed by atoms with van der Waals surface area (Å²) in [7, 11) is 0. The monoisotopic (exact) mass is 593 g/mol. The van der Waals surface area contributed by atoms with Crippen molar-refractivity contribution in [3.63, 3.8) is 0 Å². The molecule has 0 amide bonds. The molecule has 1 atom stereocenters.